The number of hydrogen-bond donors (Lipinski definition) is 0. The van der Waals surface area contributed by atoms with E-state index in [1.807, 2.05) is 0 Å². The van der Waals surface area contributed by atoms with Gasteiger partial charge in [-0.3, -0.25) is 9.59 Å². The van der Waals surface area contributed by atoms with Gasteiger partial charge in [0.05, 0.1) is 12.8 Å². The van der Waals surface area contributed by atoms with Crippen molar-refractivity contribution in [3.05, 3.63) is 59.8 Å². The molecule has 5 rings (SSSR count). The van der Waals surface area contributed by atoms with E-state index in [9.17, 15) is 31.5 Å². The number of alkyl halides is 5. The number of methoxy groups -OCH3 is 1. The maximum absolute atomic E-state index is 13.5. The molecule has 206 valence electrons. The largest absolute Gasteiger partial charge is 0.586 e. The number of carbonyl (C=O) groups excluding carboxylic acids is 2. The number of rotatable bonds is 7. The fourth-order valence-corrected chi connectivity index (χ4v) is 4.01. The Morgan fingerprint density at radius 1 is 1.08 bits per heavy atom. The molecule has 0 radical (unpaired) electrons. The number of amides is 1. The molecule has 0 saturated heterocycles. The highest BCUT2D eigenvalue weighted by molar-refractivity contribution is 6.06. The van der Waals surface area contributed by atoms with Gasteiger partial charge in [-0.15, -0.1) is 8.78 Å². The number of carbonyl (C=O) groups is 2. The summed E-state index contributed by atoms with van der Waals surface area (Å²) in [6, 6.07) is 10.1. The zero-order valence-electron chi connectivity index (χ0n) is 20.4. The molecule has 0 unspecified atom stereocenters. The van der Waals surface area contributed by atoms with Crippen LogP contribution in [0.4, 0.5) is 27.6 Å². The molecular weight excluding hydrogens is 533 g/mol. The molecule has 1 aliphatic heterocycles. The van der Waals surface area contributed by atoms with Crippen LogP contribution >= 0.6 is 0 Å². The highest BCUT2D eigenvalue weighted by Crippen LogP contribution is 2.47. The lowest BCUT2D eigenvalue weighted by Crippen LogP contribution is -2.26. The quantitative estimate of drug-likeness (QED) is 0.306. The monoisotopic (exact) mass is 553 g/mol. The van der Waals surface area contributed by atoms with E-state index in [2.05, 4.69) is 14.6 Å². The van der Waals surface area contributed by atoms with Crippen molar-refractivity contribution in [1.82, 2.24) is 9.78 Å². The van der Waals surface area contributed by atoms with Gasteiger partial charge >= 0.3 is 18.4 Å². The first-order valence-corrected chi connectivity index (χ1v) is 11.5. The topological polar surface area (TPSA) is 92.1 Å². The van der Waals surface area contributed by atoms with Crippen molar-refractivity contribution in [2.75, 3.05) is 25.7 Å². The first-order chi connectivity index (χ1) is 18.3. The SMILES string of the molecule is COC(=O)C1(COc2cc(C(F)(F)F)nn2-c2cccc(C(=O)N(C)c3ccc4c(c3)OC(F)(F)O4)c2)CC1. The van der Waals surface area contributed by atoms with Crippen molar-refractivity contribution in [3.63, 3.8) is 0 Å². The van der Waals surface area contributed by atoms with Crippen molar-refractivity contribution in [1.29, 1.82) is 0 Å². The molecule has 1 aromatic heterocycles. The highest BCUT2D eigenvalue weighted by Gasteiger charge is 2.52. The molecule has 1 amide bonds. The second-order valence-electron chi connectivity index (χ2n) is 9.05. The first-order valence-electron chi connectivity index (χ1n) is 11.5. The molecule has 2 aliphatic rings. The van der Waals surface area contributed by atoms with Gasteiger partial charge in [0, 0.05) is 30.4 Å². The van der Waals surface area contributed by atoms with Crippen LogP contribution in [0.2, 0.25) is 0 Å². The third kappa shape index (κ3) is 5.05. The number of hydrogen-bond acceptors (Lipinski definition) is 7. The van der Waals surface area contributed by atoms with Crippen LogP contribution in [0.3, 0.4) is 0 Å². The summed E-state index contributed by atoms with van der Waals surface area (Å²) in [5, 5.41) is 3.62. The summed E-state index contributed by atoms with van der Waals surface area (Å²) in [5.74, 6) is -1.86. The van der Waals surface area contributed by atoms with Gasteiger partial charge in [0.25, 0.3) is 5.91 Å². The van der Waals surface area contributed by atoms with Gasteiger partial charge in [-0.1, -0.05) is 6.07 Å². The molecule has 3 aromatic rings. The molecule has 1 aliphatic carbocycles. The van der Waals surface area contributed by atoms with Gasteiger partial charge in [-0.05, 0) is 43.2 Å². The Hall–Kier alpha value is -4.36. The molecule has 0 bridgehead atoms. The summed E-state index contributed by atoms with van der Waals surface area (Å²) in [6.45, 7) is -0.215. The minimum Gasteiger partial charge on any atom is -0.476 e. The van der Waals surface area contributed by atoms with E-state index in [1.54, 1.807) is 0 Å². The first kappa shape index (κ1) is 26.3. The van der Waals surface area contributed by atoms with Crippen LogP contribution < -0.4 is 19.1 Å². The Kier molecular flexibility index (Phi) is 6.15. The molecule has 0 atom stereocenters. The van der Waals surface area contributed by atoms with Crippen LogP contribution in [0.5, 0.6) is 17.4 Å². The van der Waals surface area contributed by atoms with Crippen LogP contribution in [-0.4, -0.2) is 48.7 Å². The van der Waals surface area contributed by atoms with E-state index in [1.165, 1.54) is 56.6 Å². The van der Waals surface area contributed by atoms with E-state index in [0.29, 0.717) is 18.9 Å². The summed E-state index contributed by atoms with van der Waals surface area (Å²) in [4.78, 5) is 26.4. The third-order valence-corrected chi connectivity index (χ3v) is 6.35. The number of anilines is 1. The van der Waals surface area contributed by atoms with Crippen LogP contribution in [0.15, 0.2) is 48.5 Å². The third-order valence-electron chi connectivity index (χ3n) is 6.35. The maximum atomic E-state index is 13.5. The van der Waals surface area contributed by atoms with E-state index >= 15 is 0 Å². The Morgan fingerprint density at radius 3 is 2.46 bits per heavy atom. The Balaban J connectivity index is 1.42. The van der Waals surface area contributed by atoms with Crippen LogP contribution in [0.1, 0.15) is 28.9 Å². The number of aromatic nitrogens is 2. The lowest BCUT2D eigenvalue weighted by molar-refractivity contribution is -0.286. The van der Waals surface area contributed by atoms with Gasteiger partial charge in [-0.2, -0.15) is 18.3 Å². The van der Waals surface area contributed by atoms with Gasteiger partial charge < -0.3 is 23.8 Å². The number of benzene rings is 2. The number of fused-ring (bicyclic) bond motifs is 1. The lowest BCUT2D eigenvalue weighted by Gasteiger charge is -2.18. The van der Waals surface area contributed by atoms with Gasteiger partial charge in [-0.25, -0.2) is 4.68 Å². The summed E-state index contributed by atoms with van der Waals surface area (Å²) in [5.41, 5.74) is -1.83. The van der Waals surface area contributed by atoms with Gasteiger partial charge in [0.15, 0.2) is 17.2 Å². The van der Waals surface area contributed by atoms with E-state index in [-0.39, 0.29) is 40.9 Å². The summed E-state index contributed by atoms with van der Waals surface area (Å²) < 4.78 is 87.2. The van der Waals surface area contributed by atoms with Crippen molar-refractivity contribution >= 4 is 17.6 Å². The van der Waals surface area contributed by atoms with E-state index in [4.69, 9.17) is 9.47 Å². The van der Waals surface area contributed by atoms with Crippen molar-refractivity contribution in [3.8, 4) is 23.1 Å². The van der Waals surface area contributed by atoms with Crippen LogP contribution in [-0.2, 0) is 15.7 Å². The summed E-state index contributed by atoms with van der Waals surface area (Å²) in [6.07, 6.45) is -7.68. The minimum atomic E-state index is -4.78. The Labute approximate surface area is 217 Å². The molecule has 2 aromatic carbocycles. The van der Waals surface area contributed by atoms with Crippen molar-refractivity contribution in [2.45, 2.75) is 25.3 Å². The minimum absolute atomic E-state index is 0.0567. The molecule has 14 heteroatoms. The lowest BCUT2D eigenvalue weighted by atomic mass is 10.1. The van der Waals surface area contributed by atoms with Gasteiger partial charge in [0.1, 0.15) is 12.0 Å². The molecule has 2 heterocycles. The molecule has 0 N–H and O–H groups in total. The average molecular weight is 553 g/mol. The molecule has 1 fully saturated rings. The Bertz CT molecular complexity index is 1450. The number of ether oxygens (including phenoxy) is 4. The van der Waals surface area contributed by atoms with Crippen molar-refractivity contribution < 1.29 is 50.5 Å². The average Bonchev–Trinajstić information content (AvgIpc) is 3.43. The zero-order valence-corrected chi connectivity index (χ0v) is 20.4. The second-order valence-corrected chi connectivity index (χ2v) is 9.05. The van der Waals surface area contributed by atoms with Crippen LogP contribution in [0, 0.1) is 5.41 Å². The van der Waals surface area contributed by atoms with E-state index in [0.717, 1.165) is 9.58 Å². The molecule has 39 heavy (non-hydrogen) atoms. The smallest absolute Gasteiger partial charge is 0.476 e. The molecule has 1 saturated carbocycles. The maximum Gasteiger partial charge on any atom is 0.586 e. The van der Waals surface area contributed by atoms with E-state index < -0.39 is 35.5 Å². The second kappa shape index (κ2) is 9.13. The molecule has 9 nitrogen and oxygen atoms in total. The van der Waals surface area contributed by atoms with Crippen LogP contribution in [0.25, 0.3) is 5.69 Å². The Morgan fingerprint density at radius 2 is 1.79 bits per heavy atom. The highest BCUT2D eigenvalue weighted by atomic mass is 19.4. The fraction of sp³-hybridized carbons (Fsp3) is 0.320. The normalized spacial score (nSPS) is 16.5. The predicted octanol–water partition coefficient (Wildman–Crippen LogP) is 4.82. The molecule has 0 spiro atoms. The summed E-state index contributed by atoms with van der Waals surface area (Å²) in [7, 11) is 2.60. The summed E-state index contributed by atoms with van der Waals surface area (Å²) >= 11 is 0. The van der Waals surface area contributed by atoms with Crippen molar-refractivity contribution in [2.24, 2.45) is 5.41 Å². The fourth-order valence-electron chi connectivity index (χ4n) is 4.01. The number of nitrogens with zero attached hydrogens (tertiary/aromatic N) is 3. The predicted molar refractivity (Wildman–Crippen MR) is 123 cm³/mol. The number of halogens is 5. The molecular formula is C25H20F5N3O6. The zero-order chi connectivity index (χ0) is 28.2. The van der Waals surface area contributed by atoms with Gasteiger partial charge in [0.2, 0.25) is 5.88 Å². The number of esters is 1. The standard InChI is InChI=1S/C25H20F5N3O6/c1-32(15-6-7-17-18(11-15)39-25(29,30)38-17)21(34)14-4-3-5-16(10-14)33-20(12-19(31-33)24(26,27)28)37-13-23(8-9-23)22(35)36-2/h3-7,10-12H,8-9,13H2,1-2H3.